The van der Waals surface area contributed by atoms with E-state index in [1.165, 1.54) is 87.3 Å². The Bertz CT molecular complexity index is 1680. The van der Waals surface area contributed by atoms with E-state index < -0.39 is 0 Å². The second-order valence-corrected chi connectivity index (χ2v) is 11.5. The number of fused-ring (bicyclic) bond motifs is 4. The maximum atomic E-state index is 2.53. The maximum Gasteiger partial charge on any atom is 0.252 e. The Morgan fingerprint density at radius 1 is 0.488 bits per heavy atom. The molecule has 0 fully saturated rings. The van der Waals surface area contributed by atoms with Gasteiger partial charge < -0.3 is 9.80 Å². The minimum absolute atomic E-state index is 0.188. The van der Waals surface area contributed by atoms with Crippen LogP contribution in [0.5, 0.6) is 0 Å². The van der Waals surface area contributed by atoms with Gasteiger partial charge in [0.05, 0.1) is 0 Å². The van der Waals surface area contributed by atoms with Crippen LogP contribution in [0.4, 0.5) is 34.1 Å². The summed E-state index contributed by atoms with van der Waals surface area (Å²) in [7, 11) is 0. The number of benzene rings is 5. The highest BCUT2D eigenvalue weighted by Gasteiger charge is 2.42. The van der Waals surface area contributed by atoms with Crippen LogP contribution in [0.2, 0.25) is 0 Å². The Balaban J connectivity index is 1.46. The molecule has 0 saturated heterocycles. The molecule has 2 heterocycles. The Labute approximate surface area is 245 Å². The standard InChI is InChI=1S/C38H37BN2/c1-3-5-13-28-21-24-31(25-22-28)41-36-20-12-19-35-38(36)39(33-26-23-29(14-6-4-2)27-37(33)41)32-17-10-11-18-34(32)40(35)30-15-8-7-9-16-30/h7-12,15-27H,3-6,13-14H2,1-2H3. The van der Waals surface area contributed by atoms with Gasteiger partial charge in [-0.05, 0) is 102 Å². The summed E-state index contributed by atoms with van der Waals surface area (Å²) in [5, 5.41) is 0. The molecule has 202 valence electrons. The number of para-hydroxylation sites is 2. The fraction of sp³-hybridized carbons (Fsp3) is 0.211. The molecule has 0 aromatic heterocycles. The lowest BCUT2D eigenvalue weighted by molar-refractivity contribution is 0.795. The van der Waals surface area contributed by atoms with Crippen molar-refractivity contribution in [3.63, 3.8) is 0 Å². The molecular weight excluding hydrogens is 495 g/mol. The first-order valence-corrected chi connectivity index (χ1v) is 15.4. The maximum absolute atomic E-state index is 2.53. The first kappa shape index (κ1) is 25.7. The first-order valence-electron chi connectivity index (χ1n) is 15.4. The average molecular weight is 533 g/mol. The third-order valence-corrected chi connectivity index (χ3v) is 8.81. The smallest absolute Gasteiger partial charge is 0.252 e. The van der Waals surface area contributed by atoms with E-state index in [4.69, 9.17) is 0 Å². The Kier molecular flexibility index (Phi) is 6.88. The molecule has 5 aromatic rings. The SMILES string of the molecule is CCCCc1ccc(N2c3cc(CCCC)ccc3B3c4ccccc4N(c4ccccc4)c4cccc2c43)cc1. The van der Waals surface area contributed by atoms with Crippen LogP contribution in [-0.4, -0.2) is 6.71 Å². The quantitative estimate of drug-likeness (QED) is 0.181. The van der Waals surface area contributed by atoms with Crippen molar-refractivity contribution in [3.05, 3.63) is 126 Å². The van der Waals surface area contributed by atoms with E-state index in [1.807, 2.05) is 0 Å². The minimum Gasteiger partial charge on any atom is -0.311 e. The highest BCUT2D eigenvalue weighted by molar-refractivity contribution is 7.00. The van der Waals surface area contributed by atoms with Crippen molar-refractivity contribution in [2.45, 2.75) is 52.4 Å². The predicted molar refractivity (Wildman–Crippen MR) is 178 cm³/mol. The molecule has 2 aliphatic rings. The van der Waals surface area contributed by atoms with E-state index in [0.717, 1.165) is 12.8 Å². The summed E-state index contributed by atoms with van der Waals surface area (Å²) in [6.07, 6.45) is 7.12. The van der Waals surface area contributed by atoms with Crippen LogP contribution in [0.15, 0.2) is 115 Å². The molecule has 2 nitrogen and oxygen atoms in total. The van der Waals surface area contributed by atoms with E-state index in [2.05, 4.69) is 139 Å². The summed E-state index contributed by atoms with van der Waals surface area (Å²) in [4.78, 5) is 4.98. The van der Waals surface area contributed by atoms with Crippen molar-refractivity contribution in [3.8, 4) is 0 Å². The van der Waals surface area contributed by atoms with Gasteiger partial charge in [-0.25, -0.2) is 0 Å². The van der Waals surface area contributed by atoms with Gasteiger partial charge in [0.1, 0.15) is 0 Å². The van der Waals surface area contributed by atoms with Gasteiger partial charge in [-0.15, -0.1) is 0 Å². The van der Waals surface area contributed by atoms with Gasteiger partial charge in [0.25, 0.3) is 6.71 Å². The summed E-state index contributed by atoms with van der Waals surface area (Å²) in [5.74, 6) is 0. The van der Waals surface area contributed by atoms with Gasteiger partial charge in [-0.3, -0.25) is 0 Å². The lowest BCUT2D eigenvalue weighted by Gasteiger charge is -2.44. The number of nitrogens with zero attached hydrogens (tertiary/aromatic N) is 2. The Morgan fingerprint density at radius 2 is 1.05 bits per heavy atom. The van der Waals surface area contributed by atoms with Crippen LogP contribution in [0.3, 0.4) is 0 Å². The first-order chi connectivity index (χ1) is 20.3. The van der Waals surface area contributed by atoms with Gasteiger partial charge in [-0.1, -0.05) is 93.4 Å². The lowest BCUT2D eigenvalue weighted by Crippen LogP contribution is -2.61. The van der Waals surface area contributed by atoms with Crippen molar-refractivity contribution < 1.29 is 0 Å². The predicted octanol–water partition coefficient (Wildman–Crippen LogP) is 8.45. The summed E-state index contributed by atoms with van der Waals surface area (Å²) < 4.78 is 0. The molecule has 0 radical (unpaired) electrons. The van der Waals surface area contributed by atoms with Crippen molar-refractivity contribution in [1.82, 2.24) is 0 Å². The Hall–Kier alpha value is -4.24. The van der Waals surface area contributed by atoms with E-state index in [9.17, 15) is 0 Å². The summed E-state index contributed by atoms with van der Waals surface area (Å²) in [6, 6.07) is 43.3. The van der Waals surface area contributed by atoms with Crippen molar-refractivity contribution in [2.24, 2.45) is 0 Å². The zero-order chi connectivity index (χ0) is 27.8. The highest BCUT2D eigenvalue weighted by atomic mass is 15.2. The van der Waals surface area contributed by atoms with Gasteiger partial charge >= 0.3 is 0 Å². The van der Waals surface area contributed by atoms with Crippen LogP contribution < -0.4 is 26.2 Å². The Morgan fingerprint density at radius 3 is 1.78 bits per heavy atom. The van der Waals surface area contributed by atoms with E-state index >= 15 is 0 Å². The second-order valence-electron chi connectivity index (χ2n) is 11.5. The third-order valence-electron chi connectivity index (χ3n) is 8.81. The molecule has 0 unspecified atom stereocenters. The molecule has 0 aliphatic carbocycles. The number of hydrogen-bond acceptors (Lipinski definition) is 2. The molecule has 41 heavy (non-hydrogen) atoms. The van der Waals surface area contributed by atoms with Crippen LogP contribution in [0.1, 0.15) is 50.7 Å². The zero-order valence-electron chi connectivity index (χ0n) is 24.2. The van der Waals surface area contributed by atoms with Crippen LogP contribution in [0, 0.1) is 0 Å². The molecule has 0 saturated carbocycles. The van der Waals surface area contributed by atoms with Crippen molar-refractivity contribution in [2.75, 3.05) is 9.80 Å². The number of aryl methyl sites for hydroxylation is 2. The van der Waals surface area contributed by atoms with E-state index in [-0.39, 0.29) is 6.71 Å². The van der Waals surface area contributed by atoms with Crippen LogP contribution >= 0.6 is 0 Å². The van der Waals surface area contributed by atoms with Gasteiger partial charge in [-0.2, -0.15) is 0 Å². The molecule has 0 bridgehead atoms. The summed E-state index contributed by atoms with van der Waals surface area (Å²) >= 11 is 0. The zero-order valence-corrected chi connectivity index (χ0v) is 24.2. The lowest BCUT2D eigenvalue weighted by atomic mass is 9.33. The van der Waals surface area contributed by atoms with E-state index in [1.54, 1.807) is 0 Å². The number of anilines is 6. The topological polar surface area (TPSA) is 6.48 Å². The molecule has 3 heteroatoms. The van der Waals surface area contributed by atoms with E-state index in [0.29, 0.717) is 0 Å². The summed E-state index contributed by atoms with van der Waals surface area (Å²) in [5.41, 5.74) is 14.5. The molecule has 0 atom stereocenters. The fourth-order valence-corrected chi connectivity index (χ4v) is 6.79. The minimum atomic E-state index is 0.188. The average Bonchev–Trinajstić information content (AvgIpc) is 3.03. The molecule has 5 aromatic carbocycles. The third kappa shape index (κ3) is 4.45. The molecular formula is C38H37BN2. The van der Waals surface area contributed by atoms with Crippen molar-refractivity contribution in [1.29, 1.82) is 0 Å². The van der Waals surface area contributed by atoms with Gasteiger partial charge in [0.2, 0.25) is 0 Å². The van der Waals surface area contributed by atoms with Gasteiger partial charge in [0, 0.05) is 34.1 Å². The van der Waals surface area contributed by atoms with Crippen LogP contribution in [-0.2, 0) is 12.8 Å². The summed E-state index contributed by atoms with van der Waals surface area (Å²) in [6.45, 7) is 4.73. The largest absolute Gasteiger partial charge is 0.311 e. The number of rotatable bonds is 8. The molecule has 0 N–H and O–H groups in total. The monoisotopic (exact) mass is 532 g/mol. The second kappa shape index (κ2) is 11.0. The van der Waals surface area contributed by atoms with Gasteiger partial charge in [0.15, 0.2) is 0 Å². The van der Waals surface area contributed by atoms with Crippen molar-refractivity contribution >= 4 is 57.2 Å². The molecule has 7 rings (SSSR count). The number of hydrogen-bond donors (Lipinski definition) is 0. The molecule has 0 spiro atoms. The fourth-order valence-electron chi connectivity index (χ4n) is 6.79. The number of unbranched alkanes of at least 4 members (excludes halogenated alkanes) is 2. The molecule has 0 amide bonds. The van der Waals surface area contributed by atoms with Crippen LogP contribution in [0.25, 0.3) is 0 Å². The normalized spacial score (nSPS) is 13.1. The molecule has 2 aliphatic heterocycles. The highest BCUT2D eigenvalue weighted by Crippen LogP contribution is 2.43.